The molecule has 0 N–H and O–H groups in total. The highest BCUT2D eigenvalue weighted by Crippen LogP contribution is 2.27. The van der Waals surface area contributed by atoms with Gasteiger partial charge in [0.1, 0.15) is 18.4 Å². The van der Waals surface area contributed by atoms with Gasteiger partial charge < -0.3 is 14.2 Å². The molecule has 0 aromatic rings. The Morgan fingerprint density at radius 3 is 2.85 bits per heavy atom. The Bertz CT molecular complexity index is 234. The van der Waals surface area contributed by atoms with Crippen molar-refractivity contribution in [2.75, 3.05) is 6.61 Å². The van der Waals surface area contributed by atoms with Crippen LogP contribution in [-0.2, 0) is 19.0 Å². The Labute approximate surface area is 77.5 Å². The molecule has 0 saturated heterocycles. The summed E-state index contributed by atoms with van der Waals surface area (Å²) in [6.07, 6.45) is 1.61. The maximum atomic E-state index is 11.1. The van der Waals surface area contributed by atoms with Crippen molar-refractivity contribution >= 4 is 5.97 Å². The van der Waals surface area contributed by atoms with E-state index in [1.54, 1.807) is 20.8 Å². The first-order valence-electron chi connectivity index (χ1n) is 4.25. The molecule has 0 fully saturated rings. The first-order valence-corrected chi connectivity index (χ1v) is 4.25. The molecule has 74 valence electrons. The molecule has 0 aromatic carbocycles. The standard InChI is InChI=1S/C9H14O4/c1-4-11-8(10)5-9(3)12-6-7(2)13-9/h6H,4-5H2,1-3H3. The topological polar surface area (TPSA) is 44.8 Å². The molecule has 0 radical (unpaired) electrons. The van der Waals surface area contributed by atoms with Gasteiger partial charge >= 0.3 is 5.97 Å². The zero-order valence-corrected chi connectivity index (χ0v) is 8.12. The Balaban J connectivity index is 2.41. The minimum absolute atomic E-state index is 0.106. The summed E-state index contributed by atoms with van der Waals surface area (Å²) in [6.45, 7) is 5.62. The minimum atomic E-state index is -0.879. The van der Waals surface area contributed by atoms with Gasteiger partial charge in [-0.3, -0.25) is 4.79 Å². The molecular formula is C9H14O4. The van der Waals surface area contributed by atoms with E-state index < -0.39 is 5.79 Å². The summed E-state index contributed by atoms with van der Waals surface area (Å²) in [6, 6.07) is 0. The van der Waals surface area contributed by atoms with Gasteiger partial charge in [0.15, 0.2) is 0 Å². The zero-order chi connectivity index (χ0) is 9.90. The first kappa shape index (κ1) is 9.89. The predicted octanol–water partition coefficient (Wildman–Crippen LogP) is 1.56. The van der Waals surface area contributed by atoms with E-state index in [9.17, 15) is 4.79 Å². The van der Waals surface area contributed by atoms with Gasteiger partial charge in [-0.1, -0.05) is 0 Å². The SMILES string of the molecule is CCOC(=O)CC1(C)OC=C(C)O1. The molecule has 13 heavy (non-hydrogen) atoms. The van der Waals surface area contributed by atoms with Crippen LogP contribution in [0.15, 0.2) is 12.0 Å². The second-order valence-corrected chi connectivity index (χ2v) is 3.06. The number of hydrogen-bond donors (Lipinski definition) is 0. The van der Waals surface area contributed by atoms with Gasteiger partial charge in [-0.25, -0.2) is 0 Å². The molecule has 0 aliphatic carbocycles. The van der Waals surface area contributed by atoms with E-state index in [0.29, 0.717) is 12.4 Å². The van der Waals surface area contributed by atoms with Crippen molar-refractivity contribution in [2.45, 2.75) is 33.0 Å². The van der Waals surface area contributed by atoms with E-state index in [2.05, 4.69) is 0 Å². The molecule has 4 heteroatoms. The monoisotopic (exact) mass is 186 g/mol. The highest BCUT2D eigenvalue weighted by atomic mass is 16.7. The average molecular weight is 186 g/mol. The van der Waals surface area contributed by atoms with Crippen LogP contribution in [0.5, 0.6) is 0 Å². The summed E-state index contributed by atoms with van der Waals surface area (Å²) in [5.74, 6) is -0.518. The highest BCUT2D eigenvalue weighted by Gasteiger charge is 2.35. The normalized spacial score (nSPS) is 25.9. The van der Waals surface area contributed by atoms with Crippen molar-refractivity contribution in [2.24, 2.45) is 0 Å². The van der Waals surface area contributed by atoms with Gasteiger partial charge in [0.05, 0.1) is 6.61 Å². The first-order chi connectivity index (χ1) is 6.06. The van der Waals surface area contributed by atoms with Crippen LogP contribution in [0.1, 0.15) is 27.2 Å². The lowest BCUT2D eigenvalue weighted by Gasteiger charge is -2.22. The van der Waals surface area contributed by atoms with Crippen LogP contribution in [0.3, 0.4) is 0 Å². The molecular weight excluding hydrogens is 172 g/mol. The van der Waals surface area contributed by atoms with Crippen molar-refractivity contribution in [1.82, 2.24) is 0 Å². The van der Waals surface area contributed by atoms with Crippen molar-refractivity contribution in [3.05, 3.63) is 12.0 Å². The predicted molar refractivity (Wildman–Crippen MR) is 45.6 cm³/mol. The number of esters is 1. The largest absolute Gasteiger partial charge is 0.466 e. The smallest absolute Gasteiger partial charge is 0.313 e. The molecule has 0 amide bonds. The molecule has 1 rings (SSSR count). The molecule has 1 atom stereocenters. The molecule has 1 unspecified atom stereocenters. The number of hydrogen-bond acceptors (Lipinski definition) is 4. The second-order valence-electron chi connectivity index (χ2n) is 3.06. The van der Waals surface area contributed by atoms with E-state index in [0.717, 1.165) is 0 Å². The quantitative estimate of drug-likeness (QED) is 0.627. The summed E-state index contributed by atoms with van der Waals surface area (Å²) in [4.78, 5) is 11.1. The third-order valence-corrected chi connectivity index (χ3v) is 1.62. The number of ether oxygens (including phenoxy) is 3. The van der Waals surface area contributed by atoms with Crippen LogP contribution in [0.2, 0.25) is 0 Å². The highest BCUT2D eigenvalue weighted by molar-refractivity contribution is 5.70. The van der Waals surface area contributed by atoms with Crippen molar-refractivity contribution in [3.63, 3.8) is 0 Å². The summed E-state index contributed by atoms with van der Waals surface area (Å²) in [5, 5.41) is 0. The molecule has 1 aliphatic heterocycles. The van der Waals surface area contributed by atoms with E-state index >= 15 is 0 Å². The van der Waals surface area contributed by atoms with Gasteiger partial charge in [-0.15, -0.1) is 0 Å². The molecule has 0 saturated carbocycles. The Kier molecular flexibility index (Phi) is 2.80. The summed E-state index contributed by atoms with van der Waals surface area (Å²) < 4.78 is 15.3. The number of carbonyl (C=O) groups is 1. The van der Waals surface area contributed by atoms with E-state index in [1.165, 1.54) is 6.26 Å². The molecule has 0 aromatic heterocycles. The van der Waals surface area contributed by atoms with Crippen LogP contribution in [0, 0.1) is 0 Å². The number of rotatable bonds is 3. The lowest BCUT2D eigenvalue weighted by molar-refractivity contribution is -0.170. The second kappa shape index (κ2) is 3.68. The summed E-state index contributed by atoms with van der Waals surface area (Å²) in [5.41, 5.74) is 0. The van der Waals surface area contributed by atoms with Crippen molar-refractivity contribution in [1.29, 1.82) is 0 Å². The third-order valence-electron chi connectivity index (χ3n) is 1.62. The third kappa shape index (κ3) is 2.65. The van der Waals surface area contributed by atoms with Gasteiger partial charge in [0, 0.05) is 6.92 Å². The fraction of sp³-hybridized carbons (Fsp3) is 0.667. The van der Waals surface area contributed by atoms with Gasteiger partial charge in [0.2, 0.25) is 0 Å². The lowest BCUT2D eigenvalue weighted by Crippen LogP contribution is -2.30. The molecule has 4 nitrogen and oxygen atoms in total. The van der Waals surface area contributed by atoms with E-state index in [1.807, 2.05) is 0 Å². The van der Waals surface area contributed by atoms with Gasteiger partial charge in [-0.05, 0) is 13.8 Å². The van der Waals surface area contributed by atoms with E-state index in [4.69, 9.17) is 14.2 Å². The number of allylic oxidation sites excluding steroid dienone is 1. The van der Waals surface area contributed by atoms with Crippen LogP contribution < -0.4 is 0 Å². The molecule has 0 bridgehead atoms. The molecule has 0 spiro atoms. The summed E-state index contributed by atoms with van der Waals surface area (Å²) >= 11 is 0. The van der Waals surface area contributed by atoms with Crippen molar-refractivity contribution < 1.29 is 19.0 Å². The van der Waals surface area contributed by atoms with Crippen molar-refractivity contribution in [3.8, 4) is 0 Å². The molecule has 1 heterocycles. The van der Waals surface area contributed by atoms with Gasteiger partial charge in [-0.2, -0.15) is 0 Å². The fourth-order valence-corrected chi connectivity index (χ4v) is 1.15. The fourth-order valence-electron chi connectivity index (χ4n) is 1.15. The number of carbonyl (C=O) groups excluding carboxylic acids is 1. The lowest BCUT2D eigenvalue weighted by atomic mass is 10.2. The van der Waals surface area contributed by atoms with Crippen LogP contribution in [0.4, 0.5) is 0 Å². The van der Waals surface area contributed by atoms with E-state index in [-0.39, 0.29) is 12.4 Å². The van der Waals surface area contributed by atoms with Crippen LogP contribution in [0.25, 0.3) is 0 Å². The zero-order valence-electron chi connectivity index (χ0n) is 8.12. The average Bonchev–Trinajstić information content (AvgIpc) is 2.30. The minimum Gasteiger partial charge on any atom is -0.466 e. The Morgan fingerprint density at radius 1 is 1.69 bits per heavy atom. The van der Waals surface area contributed by atoms with Gasteiger partial charge in [0.25, 0.3) is 5.79 Å². The Hall–Kier alpha value is -1.19. The summed E-state index contributed by atoms with van der Waals surface area (Å²) in [7, 11) is 0. The maximum Gasteiger partial charge on any atom is 0.313 e. The Morgan fingerprint density at radius 2 is 2.38 bits per heavy atom. The van der Waals surface area contributed by atoms with Crippen LogP contribution in [-0.4, -0.2) is 18.4 Å². The molecule has 1 aliphatic rings. The van der Waals surface area contributed by atoms with Crippen LogP contribution >= 0.6 is 0 Å². The maximum absolute atomic E-state index is 11.1.